The monoisotopic (exact) mass is 295 g/mol. The highest BCUT2D eigenvalue weighted by Crippen LogP contribution is 2.20. The fourth-order valence-corrected chi connectivity index (χ4v) is 1.46. The van der Waals surface area contributed by atoms with Crippen molar-refractivity contribution in [2.24, 2.45) is 0 Å². The molecule has 114 valence electrons. The first-order valence-corrected chi connectivity index (χ1v) is 6.21. The summed E-state index contributed by atoms with van der Waals surface area (Å²) in [6.45, 7) is 0.296. The maximum absolute atomic E-state index is 12.6. The van der Waals surface area contributed by atoms with E-state index in [1.807, 2.05) is 0 Å². The second-order valence-electron chi connectivity index (χ2n) is 4.34. The van der Waals surface area contributed by atoms with Crippen LogP contribution in [0.15, 0.2) is 24.3 Å². The lowest BCUT2D eigenvalue weighted by Gasteiger charge is -2.13. The van der Waals surface area contributed by atoms with Crippen LogP contribution in [0.1, 0.15) is 12.8 Å². The molecule has 0 fully saturated rings. The van der Waals surface area contributed by atoms with Crippen LogP contribution in [0.25, 0.3) is 0 Å². The van der Waals surface area contributed by atoms with Gasteiger partial charge in [0, 0.05) is 13.0 Å². The summed E-state index contributed by atoms with van der Waals surface area (Å²) in [5.41, 5.74) is 0. The summed E-state index contributed by atoms with van der Waals surface area (Å²) in [7, 11) is 0. The molecule has 2 N–H and O–H groups in total. The number of aliphatic hydroxyl groups is 1. The first-order valence-electron chi connectivity index (χ1n) is 6.21. The van der Waals surface area contributed by atoms with Gasteiger partial charge in [-0.1, -0.05) is 0 Å². The highest BCUT2D eigenvalue weighted by Gasteiger charge is 2.25. The molecule has 0 saturated carbocycles. The highest BCUT2D eigenvalue weighted by molar-refractivity contribution is 5.22. The molecule has 20 heavy (non-hydrogen) atoms. The zero-order valence-corrected chi connectivity index (χ0v) is 10.8. The van der Waals surface area contributed by atoms with Gasteiger partial charge in [0.25, 0.3) is 0 Å². The number of hydrogen-bond acceptors (Lipinski definition) is 3. The van der Waals surface area contributed by atoms with E-state index >= 15 is 0 Å². The standard InChI is InChI=1S/C13H17F4NO2/c14-10-2-4-12(5-3-10)20-9-11(19)8-18-7-1-6-13(15,16)17/h2-5,11,18-19H,1,6-9H2. The molecule has 7 heteroatoms. The Morgan fingerprint density at radius 1 is 1.20 bits per heavy atom. The van der Waals surface area contributed by atoms with Gasteiger partial charge in [-0.25, -0.2) is 4.39 Å². The number of rotatable bonds is 8. The van der Waals surface area contributed by atoms with Gasteiger partial charge < -0.3 is 15.2 Å². The van der Waals surface area contributed by atoms with Gasteiger partial charge in [-0.2, -0.15) is 13.2 Å². The number of alkyl halides is 3. The summed E-state index contributed by atoms with van der Waals surface area (Å²) in [5.74, 6) is 0.0340. The fraction of sp³-hybridized carbons (Fsp3) is 0.538. The first-order chi connectivity index (χ1) is 9.37. The van der Waals surface area contributed by atoms with Crippen molar-refractivity contribution in [3.63, 3.8) is 0 Å². The predicted octanol–water partition coefficient (Wildman–Crippen LogP) is 2.50. The minimum absolute atomic E-state index is 0.0160. The largest absolute Gasteiger partial charge is 0.491 e. The number of ether oxygens (including phenoxy) is 1. The lowest BCUT2D eigenvalue weighted by atomic mass is 10.3. The smallest absolute Gasteiger partial charge is 0.389 e. The normalized spacial score (nSPS) is 13.2. The molecule has 0 radical (unpaired) electrons. The van der Waals surface area contributed by atoms with Crippen molar-refractivity contribution in [1.82, 2.24) is 5.32 Å². The molecule has 0 heterocycles. The summed E-state index contributed by atoms with van der Waals surface area (Å²) in [4.78, 5) is 0. The molecule has 0 aliphatic rings. The molecule has 0 bridgehead atoms. The van der Waals surface area contributed by atoms with Gasteiger partial charge in [0.2, 0.25) is 0 Å². The van der Waals surface area contributed by atoms with Crippen LogP contribution < -0.4 is 10.1 Å². The van der Waals surface area contributed by atoms with Crippen LogP contribution >= 0.6 is 0 Å². The molecule has 1 unspecified atom stereocenters. The maximum atomic E-state index is 12.6. The molecule has 0 aliphatic carbocycles. The third-order valence-electron chi connectivity index (χ3n) is 2.45. The van der Waals surface area contributed by atoms with Crippen molar-refractivity contribution in [2.75, 3.05) is 19.7 Å². The van der Waals surface area contributed by atoms with Crippen LogP contribution in [0.3, 0.4) is 0 Å². The summed E-state index contributed by atoms with van der Waals surface area (Å²) in [6, 6.07) is 5.33. The van der Waals surface area contributed by atoms with Crippen molar-refractivity contribution in [1.29, 1.82) is 0 Å². The lowest BCUT2D eigenvalue weighted by Crippen LogP contribution is -2.32. The minimum atomic E-state index is -4.15. The van der Waals surface area contributed by atoms with Crippen molar-refractivity contribution in [3.8, 4) is 5.75 Å². The number of aliphatic hydroxyl groups excluding tert-OH is 1. The summed E-state index contributed by atoms with van der Waals surface area (Å²) in [6.07, 6.45) is -5.87. The van der Waals surface area contributed by atoms with Gasteiger partial charge >= 0.3 is 6.18 Å². The van der Waals surface area contributed by atoms with Crippen molar-refractivity contribution < 1.29 is 27.4 Å². The van der Waals surface area contributed by atoms with E-state index in [-0.39, 0.29) is 31.9 Å². The number of nitrogens with one attached hydrogen (secondary N) is 1. The maximum Gasteiger partial charge on any atom is 0.389 e. The van der Waals surface area contributed by atoms with E-state index in [9.17, 15) is 22.7 Å². The molecule has 1 aromatic carbocycles. The van der Waals surface area contributed by atoms with Crippen LogP contribution in [0.2, 0.25) is 0 Å². The van der Waals surface area contributed by atoms with Crippen LogP contribution in [-0.4, -0.2) is 37.1 Å². The molecule has 1 atom stereocenters. The van der Waals surface area contributed by atoms with Crippen LogP contribution in [-0.2, 0) is 0 Å². The third-order valence-corrected chi connectivity index (χ3v) is 2.45. The highest BCUT2D eigenvalue weighted by atomic mass is 19.4. The topological polar surface area (TPSA) is 41.5 Å². The van der Waals surface area contributed by atoms with Gasteiger partial charge in [-0.15, -0.1) is 0 Å². The second kappa shape index (κ2) is 8.06. The van der Waals surface area contributed by atoms with E-state index < -0.39 is 18.7 Å². The van der Waals surface area contributed by atoms with E-state index in [0.29, 0.717) is 5.75 Å². The fourth-order valence-electron chi connectivity index (χ4n) is 1.46. The van der Waals surface area contributed by atoms with E-state index in [4.69, 9.17) is 4.74 Å². The van der Waals surface area contributed by atoms with Gasteiger partial charge in [0.1, 0.15) is 24.3 Å². The quantitative estimate of drug-likeness (QED) is 0.572. The van der Waals surface area contributed by atoms with E-state index in [1.165, 1.54) is 24.3 Å². The van der Waals surface area contributed by atoms with Gasteiger partial charge in [0.05, 0.1) is 0 Å². The molecular weight excluding hydrogens is 278 g/mol. The Labute approximate surface area is 114 Å². The molecule has 0 spiro atoms. The second-order valence-corrected chi connectivity index (χ2v) is 4.34. The van der Waals surface area contributed by atoms with Crippen molar-refractivity contribution in [2.45, 2.75) is 25.1 Å². The Morgan fingerprint density at radius 3 is 2.45 bits per heavy atom. The molecule has 0 aromatic heterocycles. The summed E-state index contributed by atoms with van der Waals surface area (Å²) in [5, 5.41) is 12.3. The molecule has 1 rings (SSSR count). The zero-order chi connectivity index (χ0) is 15.0. The Bertz CT molecular complexity index is 381. The number of hydrogen-bond donors (Lipinski definition) is 2. The SMILES string of the molecule is OC(CNCCCC(F)(F)F)COc1ccc(F)cc1. The van der Waals surface area contributed by atoms with E-state index in [1.54, 1.807) is 0 Å². The molecule has 1 aromatic rings. The van der Waals surface area contributed by atoms with Crippen molar-refractivity contribution in [3.05, 3.63) is 30.1 Å². The van der Waals surface area contributed by atoms with Gasteiger partial charge in [0.15, 0.2) is 0 Å². The Morgan fingerprint density at radius 2 is 1.85 bits per heavy atom. The zero-order valence-electron chi connectivity index (χ0n) is 10.8. The predicted molar refractivity (Wildman–Crippen MR) is 66.1 cm³/mol. The number of halogens is 4. The molecular formula is C13H17F4NO2. The van der Waals surface area contributed by atoms with Gasteiger partial charge in [-0.05, 0) is 37.2 Å². The van der Waals surface area contributed by atoms with Crippen LogP contribution in [0, 0.1) is 5.82 Å². The Hall–Kier alpha value is -1.34. The van der Waals surface area contributed by atoms with Crippen LogP contribution in [0.5, 0.6) is 5.75 Å². The summed E-state index contributed by atoms with van der Waals surface area (Å²) >= 11 is 0. The Kier molecular flexibility index (Phi) is 6.74. The van der Waals surface area contributed by atoms with E-state index in [2.05, 4.69) is 5.32 Å². The average molecular weight is 295 g/mol. The summed E-state index contributed by atoms with van der Waals surface area (Å²) < 4.78 is 53.4. The molecule has 0 amide bonds. The van der Waals surface area contributed by atoms with Gasteiger partial charge in [-0.3, -0.25) is 0 Å². The average Bonchev–Trinajstić information content (AvgIpc) is 2.36. The lowest BCUT2D eigenvalue weighted by molar-refractivity contribution is -0.135. The molecule has 0 aliphatic heterocycles. The molecule has 3 nitrogen and oxygen atoms in total. The van der Waals surface area contributed by atoms with Crippen LogP contribution in [0.4, 0.5) is 17.6 Å². The number of benzene rings is 1. The van der Waals surface area contributed by atoms with E-state index in [0.717, 1.165) is 0 Å². The molecule has 0 saturated heterocycles. The van der Waals surface area contributed by atoms with Crippen molar-refractivity contribution >= 4 is 0 Å². The Balaban J connectivity index is 2.08. The minimum Gasteiger partial charge on any atom is -0.491 e. The first kappa shape index (κ1) is 16.7. The third kappa shape index (κ3) is 7.96.